The Balaban J connectivity index is 2.34. The minimum atomic E-state index is -0.0932. The van der Waals surface area contributed by atoms with Crippen LogP contribution in [0.4, 0.5) is 11.4 Å². The van der Waals surface area contributed by atoms with Gasteiger partial charge in [-0.1, -0.05) is 0 Å². The summed E-state index contributed by atoms with van der Waals surface area (Å²) in [4.78, 5) is 12.2. The summed E-state index contributed by atoms with van der Waals surface area (Å²) < 4.78 is 5.05. The third kappa shape index (κ3) is 2.27. The van der Waals surface area contributed by atoms with Crippen LogP contribution in [0.2, 0.25) is 0 Å². The molecule has 0 bridgehead atoms. The molecule has 0 aliphatic heterocycles. The fourth-order valence-electron chi connectivity index (χ4n) is 1.68. The zero-order valence-corrected chi connectivity index (χ0v) is 10.0. The van der Waals surface area contributed by atoms with Crippen molar-refractivity contribution in [3.8, 4) is 5.75 Å². The summed E-state index contributed by atoms with van der Waals surface area (Å²) in [5.74, 6) is 0.466. The van der Waals surface area contributed by atoms with E-state index < -0.39 is 0 Å². The summed E-state index contributed by atoms with van der Waals surface area (Å²) in [5, 5.41) is 0. The number of anilines is 2. The van der Waals surface area contributed by atoms with Crippen molar-refractivity contribution in [1.82, 2.24) is 0 Å². The van der Waals surface area contributed by atoms with E-state index in [1.165, 1.54) is 7.11 Å². The van der Waals surface area contributed by atoms with Gasteiger partial charge in [-0.25, -0.2) is 0 Å². The number of nitrogen functional groups attached to an aromatic ring is 2. The Labute approximate surface area is 105 Å². The zero-order chi connectivity index (χ0) is 13.1. The van der Waals surface area contributed by atoms with Gasteiger partial charge in [-0.2, -0.15) is 0 Å². The Morgan fingerprint density at radius 1 is 1.00 bits per heavy atom. The lowest BCUT2D eigenvalue weighted by atomic mass is 10.0. The Hall–Kier alpha value is -2.49. The van der Waals surface area contributed by atoms with Crippen molar-refractivity contribution in [1.29, 1.82) is 0 Å². The fraction of sp³-hybridized carbons (Fsp3) is 0.0714. The lowest BCUT2D eigenvalue weighted by Crippen LogP contribution is -2.03. The number of carbonyl (C=O) groups excluding carboxylic acids is 1. The first-order valence-corrected chi connectivity index (χ1v) is 5.45. The molecule has 2 aromatic rings. The number of carbonyl (C=O) groups is 1. The molecular formula is C14H14N2O2. The zero-order valence-electron chi connectivity index (χ0n) is 10.0. The molecule has 0 unspecified atom stereocenters. The van der Waals surface area contributed by atoms with E-state index in [9.17, 15) is 4.79 Å². The van der Waals surface area contributed by atoms with Crippen LogP contribution in [-0.4, -0.2) is 12.9 Å². The quantitative estimate of drug-likeness (QED) is 0.638. The second-order valence-electron chi connectivity index (χ2n) is 3.91. The number of ketones is 1. The molecule has 4 nitrogen and oxygen atoms in total. The van der Waals surface area contributed by atoms with Crippen LogP contribution < -0.4 is 16.2 Å². The van der Waals surface area contributed by atoms with Crippen molar-refractivity contribution in [2.24, 2.45) is 0 Å². The molecule has 0 heterocycles. The summed E-state index contributed by atoms with van der Waals surface area (Å²) in [5.41, 5.74) is 13.5. The predicted octanol–water partition coefficient (Wildman–Crippen LogP) is 2.09. The third-order valence-electron chi connectivity index (χ3n) is 2.66. The molecular weight excluding hydrogens is 228 g/mol. The van der Waals surface area contributed by atoms with Crippen molar-refractivity contribution >= 4 is 17.2 Å². The van der Waals surface area contributed by atoms with Crippen LogP contribution in [0.1, 0.15) is 15.9 Å². The van der Waals surface area contributed by atoms with Crippen LogP contribution in [0.3, 0.4) is 0 Å². The first kappa shape index (κ1) is 12.0. The van der Waals surface area contributed by atoms with Gasteiger partial charge in [0.15, 0.2) is 5.78 Å². The van der Waals surface area contributed by atoms with Crippen molar-refractivity contribution < 1.29 is 9.53 Å². The maximum atomic E-state index is 12.2. The average molecular weight is 242 g/mol. The Kier molecular flexibility index (Phi) is 3.19. The molecule has 92 valence electrons. The monoisotopic (exact) mass is 242 g/mol. The van der Waals surface area contributed by atoms with Crippen LogP contribution in [0, 0.1) is 0 Å². The summed E-state index contributed by atoms with van der Waals surface area (Å²) in [6.45, 7) is 0. The van der Waals surface area contributed by atoms with E-state index in [4.69, 9.17) is 16.2 Å². The van der Waals surface area contributed by atoms with E-state index in [-0.39, 0.29) is 5.78 Å². The summed E-state index contributed by atoms with van der Waals surface area (Å²) in [7, 11) is 1.53. The largest absolute Gasteiger partial charge is 0.495 e. The number of hydrogen-bond acceptors (Lipinski definition) is 4. The number of rotatable bonds is 3. The third-order valence-corrected chi connectivity index (χ3v) is 2.66. The summed E-state index contributed by atoms with van der Waals surface area (Å²) >= 11 is 0. The first-order chi connectivity index (χ1) is 8.61. The van der Waals surface area contributed by atoms with Gasteiger partial charge in [0.2, 0.25) is 0 Å². The summed E-state index contributed by atoms with van der Waals surface area (Å²) in [6, 6.07) is 11.8. The highest BCUT2D eigenvalue weighted by Crippen LogP contribution is 2.23. The second kappa shape index (κ2) is 4.79. The number of nitrogens with two attached hydrogens (primary N) is 2. The molecule has 4 N–H and O–H groups in total. The molecule has 0 spiro atoms. The fourth-order valence-corrected chi connectivity index (χ4v) is 1.68. The van der Waals surface area contributed by atoms with Gasteiger partial charge in [0.05, 0.1) is 12.8 Å². The van der Waals surface area contributed by atoms with Gasteiger partial charge in [0, 0.05) is 16.8 Å². The van der Waals surface area contributed by atoms with Crippen LogP contribution in [0.25, 0.3) is 0 Å². The molecule has 0 fully saturated rings. The Morgan fingerprint density at radius 3 is 2.17 bits per heavy atom. The molecule has 4 heteroatoms. The number of benzene rings is 2. The van der Waals surface area contributed by atoms with Gasteiger partial charge >= 0.3 is 0 Å². The van der Waals surface area contributed by atoms with Crippen molar-refractivity contribution in [2.75, 3.05) is 18.6 Å². The lowest BCUT2D eigenvalue weighted by molar-refractivity contribution is 0.103. The molecule has 2 rings (SSSR count). The normalized spacial score (nSPS) is 10.1. The van der Waals surface area contributed by atoms with Crippen LogP contribution in [-0.2, 0) is 0 Å². The van der Waals surface area contributed by atoms with E-state index >= 15 is 0 Å². The second-order valence-corrected chi connectivity index (χ2v) is 3.91. The molecule has 0 amide bonds. The van der Waals surface area contributed by atoms with Gasteiger partial charge in [0.25, 0.3) is 0 Å². The molecule has 0 saturated carbocycles. The molecule has 18 heavy (non-hydrogen) atoms. The maximum absolute atomic E-state index is 12.2. The molecule has 0 aliphatic rings. The molecule has 0 atom stereocenters. The molecule has 0 radical (unpaired) electrons. The van der Waals surface area contributed by atoms with Crippen molar-refractivity contribution in [3.05, 3.63) is 53.6 Å². The van der Waals surface area contributed by atoms with Crippen molar-refractivity contribution in [2.45, 2.75) is 0 Å². The maximum Gasteiger partial charge on any atom is 0.193 e. The van der Waals surface area contributed by atoms with E-state index in [1.54, 1.807) is 42.5 Å². The Bertz CT molecular complexity index is 577. The van der Waals surface area contributed by atoms with Crippen LogP contribution in [0.5, 0.6) is 5.75 Å². The summed E-state index contributed by atoms with van der Waals surface area (Å²) in [6.07, 6.45) is 0. The minimum Gasteiger partial charge on any atom is -0.495 e. The SMILES string of the molecule is COc1ccc(C(=O)c2ccc(N)cc2)cc1N. The van der Waals surface area contributed by atoms with E-state index in [0.29, 0.717) is 28.3 Å². The highest BCUT2D eigenvalue weighted by molar-refractivity contribution is 6.09. The number of ether oxygens (including phenoxy) is 1. The minimum absolute atomic E-state index is 0.0932. The van der Waals surface area contributed by atoms with Gasteiger partial charge in [-0.05, 0) is 42.5 Å². The topological polar surface area (TPSA) is 78.3 Å². The first-order valence-electron chi connectivity index (χ1n) is 5.45. The molecule has 0 aliphatic carbocycles. The molecule has 0 saturated heterocycles. The Morgan fingerprint density at radius 2 is 1.61 bits per heavy atom. The van der Waals surface area contributed by atoms with Gasteiger partial charge < -0.3 is 16.2 Å². The van der Waals surface area contributed by atoms with Gasteiger partial charge in [0.1, 0.15) is 5.75 Å². The number of methoxy groups -OCH3 is 1. The van der Waals surface area contributed by atoms with E-state index in [2.05, 4.69) is 0 Å². The van der Waals surface area contributed by atoms with E-state index in [1.807, 2.05) is 0 Å². The standard InChI is InChI=1S/C14H14N2O2/c1-18-13-7-4-10(8-12(13)16)14(17)9-2-5-11(15)6-3-9/h2-8H,15-16H2,1H3. The van der Waals surface area contributed by atoms with Gasteiger partial charge in [-0.3, -0.25) is 4.79 Å². The average Bonchev–Trinajstić information content (AvgIpc) is 2.38. The molecule has 2 aromatic carbocycles. The lowest BCUT2D eigenvalue weighted by Gasteiger charge is -2.06. The number of hydrogen-bond donors (Lipinski definition) is 2. The smallest absolute Gasteiger partial charge is 0.193 e. The highest BCUT2D eigenvalue weighted by atomic mass is 16.5. The molecule has 0 aromatic heterocycles. The highest BCUT2D eigenvalue weighted by Gasteiger charge is 2.10. The van der Waals surface area contributed by atoms with Crippen LogP contribution >= 0.6 is 0 Å². The van der Waals surface area contributed by atoms with E-state index in [0.717, 1.165) is 0 Å². The van der Waals surface area contributed by atoms with Crippen LogP contribution in [0.15, 0.2) is 42.5 Å². The van der Waals surface area contributed by atoms with Crippen molar-refractivity contribution in [3.63, 3.8) is 0 Å². The predicted molar refractivity (Wildman–Crippen MR) is 71.7 cm³/mol. The van der Waals surface area contributed by atoms with Gasteiger partial charge in [-0.15, -0.1) is 0 Å².